The summed E-state index contributed by atoms with van der Waals surface area (Å²) in [7, 11) is 0. The number of allylic oxidation sites excluding steroid dienone is 1. The Labute approximate surface area is 305 Å². The molecule has 4 aromatic rings. The largest absolute Gasteiger partial charge is 0.507 e. The van der Waals surface area contributed by atoms with Crippen molar-refractivity contribution in [2.24, 2.45) is 17.8 Å². The van der Waals surface area contributed by atoms with Gasteiger partial charge in [0, 0.05) is 16.7 Å². The van der Waals surface area contributed by atoms with Crippen LogP contribution in [0.4, 0.5) is 0 Å². The number of phenolic OH excluding ortho intramolecular Hbond substituents is 2. The Hall–Kier alpha value is -4.39. The predicted molar refractivity (Wildman–Crippen MR) is 207 cm³/mol. The molecule has 0 aliphatic heterocycles. The highest BCUT2D eigenvalue weighted by molar-refractivity contribution is 5.82. The molecule has 1 aromatic heterocycles. The third kappa shape index (κ3) is 8.92. The van der Waals surface area contributed by atoms with E-state index in [0.717, 1.165) is 56.1 Å². The normalized spacial score (nSPS) is 15.2. The van der Waals surface area contributed by atoms with Gasteiger partial charge in [0.05, 0.1) is 24.3 Å². The highest BCUT2D eigenvalue weighted by Gasteiger charge is 2.25. The minimum Gasteiger partial charge on any atom is -0.507 e. The zero-order valence-corrected chi connectivity index (χ0v) is 31.8. The topological polar surface area (TPSA) is 97.6 Å². The highest BCUT2D eigenvalue weighted by Crippen LogP contribution is 2.41. The van der Waals surface area contributed by atoms with Crippen molar-refractivity contribution in [1.29, 1.82) is 0 Å². The molecule has 0 spiro atoms. The average Bonchev–Trinajstić information content (AvgIpc) is 3.14. The van der Waals surface area contributed by atoms with Crippen LogP contribution in [0.25, 0.3) is 28.3 Å². The van der Waals surface area contributed by atoms with Gasteiger partial charge in [-0.05, 0) is 86.3 Å². The van der Waals surface area contributed by atoms with E-state index in [9.17, 15) is 10.2 Å². The molecular formula is C44H57N3O4. The number of benzene rings is 3. The van der Waals surface area contributed by atoms with Crippen LogP contribution in [0.15, 0.2) is 54.6 Å². The lowest BCUT2D eigenvalue weighted by Crippen LogP contribution is -2.12. The molecule has 7 heteroatoms. The molecule has 5 rings (SSSR count). The molecule has 0 bridgehead atoms. The molecular weight excluding hydrogens is 635 g/mol. The Morgan fingerprint density at radius 3 is 1.65 bits per heavy atom. The number of hydrogen-bond donors (Lipinski definition) is 2. The van der Waals surface area contributed by atoms with Crippen LogP contribution in [-0.2, 0) is 6.42 Å². The van der Waals surface area contributed by atoms with E-state index < -0.39 is 0 Å². The zero-order valence-electron chi connectivity index (χ0n) is 31.8. The quantitative estimate of drug-likeness (QED) is 0.114. The summed E-state index contributed by atoms with van der Waals surface area (Å²) in [6.07, 6.45) is 12.2. The minimum atomic E-state index is 0.0706. The Morgan fingerprint density at radius 1 is 0.667 bits per heavy atom. The lowest BCUT2D eigenvalue weighted by atomic mass is 9.85. The van der Waals surface area contributed by atoms with E-state index in [1.807, 2.05) is 44.2 Å². The molecule has 0 fully saturated rings. The van der Waals surface area contributed by atoms with Gasteiger partial charge < -0.3 is 19.7 Å². The second kappa shape index (κ2) is 17.7. The monoisotopic (exact) mass is 691 g/mol. The first kappa shape index (κ1) is 37.9. The van der Waals surface area contributed by atoms with E-state index in [1.165, 1.54) is 18.4 Å². The second-order valence-corrected chi connectivity index (χ2v) is 14.3. The number of phenols is 2. The van der Waals surface area contributed by atoms with Crippen LogP contribution in [0.5, 0.6) is 23.0 Å². The third-order valence-electron chi connectivity index (χ3n) is 10.5. The van der Waals surface area contributed by atoms with Crippen LogP contribution < -0.4 is 9.47 Å². The number of rotatable bonds is 17. The number of hydrogen-bond acceptors (Lipinski definition) is 7. The predicted octanol–water partition coefficient (Wildman–Crippen LogP) is 11.0. The first-order chi connectivity index (χ1) is 24.7. The number of aromatic nitrogens is 3. The van der Waals surface area contributed by atoms with Crippen LogP contribution >= 0.6 is 0 Å². The summed E-state index contributed by atoms with van der Waals surface area (Å²) in [5.74, 6) is 3.82. The van der Waals surface area contributed by atoms with Gasteiger partial charge in [-0.2, -0.15) is 0 Å². The lowest BCUT2D eigenvalue weighted by Gasteiger charge is -2.22. The van der Waals surface area contributed by atoms with E-state index in [0.29, 0.717) is 76.3 Å². The van der Waals surface area contributed by atoms with Gasteiger partial charge in [0.2, 0.25) is 0 Å². The molecule has 0 amide bonds. The molecule has 3 unspecified atom stereocenters. The minimum absolute atomic E-state index is 0.0706. The van der Waals surface area contributed by atoms with Gasteiger partial charge in [-0.15, -0.1) is 0 Å². The van der Waals surface area contributed by atoms with E-state index in [1.54, 1.807) is 0 Å². The standard InChI is InChI=1S/C44H57N3O4/c1-8-12-16-31(10-3)26-50-38-22-20-35(40(48)29(38)6)42-45-43(47-44(46-42)37-25-28(5)24-33-18-14-15-19-34(33)37)36-21-23-39(30(7)41(36)49)51-27-32(11-4)17-13-9-2/h14-15,18-23,25,28,31-32,48-49H,8-13,16-17,24,26-27H2,1-7H3. The van der Waals surface area contributed by atoms with Crippen molar-refractivity contribution in [3.05, 3.63) is 82.7 Å². The van der Waals surface area contributed by atoms with E-state index in [2.05, 4.69) is 58.9 Å². The van der Waals surface area contributed by atoms with Crippen LogP contribution in [0.2, 0.25) is 0 Å². The maximum absolute atomic E-state index is 11.6. The third-order valence-corrected chi connectivity index (χ3v) is 10.5. The number of nitrogens with zero attached hydrogens (tertiary/aromatic N) is 3. The van der Waals surface area contributed by atoms with Crippen molar-refractivity contribution in [2.45, 2.75) is 106 Å². The molecule has 0 radical (unpaired) electrons. The molecule has 7 nitrogen and oxygen atoms in total. The van der Waals surface area contributed by atoms with Crippen molar-refractivity contribution in [2.75, 3.05) is 13.2 Å². The van der Waals surface area contributed by atoms with Crippen molar-refractivity contribution in [1.82, 2.24) is 15.0 Å². The average molecular weight is 692 g/mol. The fourth-order valence-corrected chi connectivity index (χ4v) is 6.92. The number of fused-ring (bicyclic) bond motifs is 1. The molecule has 2 N–H and O–H groups in total. The summed E-state index contributed by atoms with van der Waals surface area (Å²) < 4.78 is 12.5. The molecule has 3 atom stereocenters. The van der Waals surface area contributed by atoms with Gasteiger partial charge in [0.15, 0.2) is 17.5 Å². The molecule has 1 aliphatic carbocycles. The Bertz CT molecular complexity index is 1720. The Morgan fingerprint density at radius 2 is 1.16 bits per heavy atom. The Kier molecular flexibility index (Phi) is 13.1. The maximum Gasteiger partial charge on any atom is 0.167 e. The summed E-state index contributed by atoms with van der Waals surface area (Å²) in [4.78, 5) is 14.9. The first-order valence-electron chi connectivity index (χ1n) is 19.2. The van der Waals surface area contributed by atoms with E-state index >= 15 is 0 Å². The van der Waals surface area contributed by atoms with Gasteiger partial charge in [-0.3, -0.25) is 0 Å². The lowest BCUT2D eigenvalue weighted by molar-refractivity contribution is 0.231. The molecule has 272 valence electrons. The maximum atomic E-state index is 11.6. The van der Waals surface area contributed by atoms with Crippen LogP contribution in [0.3, 0.4) is 0 Å². The number of aromatic hydroxyl groups is 2. The van der Waals surface area contributed by atoms with Gasteiger partial charge in [0.25, 0.3) is 0 Å². The Balaban J connectivity index is 1.56. The van der Waals surface area contributed by atoms with Crippen LogP contribution in [0, 0.1) is 31.6 Å². The van der Waals surface area contributed by atoms with Gasteiger partial charge >= 0.3 is 0 Å². The van der Waals surface area contributed by atoms with Crippen molar-refractivity contribution >= 4 is 5.57 Å². The van der Waals surface area contributed by atoms with Crippen LogP contribution in [0.1, 0.15) is 114 Å². The van der Waals surface area contributed by atoms with Gasteiger partial charge in [-0.25, -0.2) is 15.0 Å². The second-order valence-electron chi connectivity index (χ2n) is 14.3. The fourth-order valence-electron chi connectivity index (χ4n) is 6.92. The molecule has 3 aromatic carbocycles. The highest BCUT2D eigenvalue weighted by atomic mass is 16.5. The SMILES string of the molecule is CCCCC(CC)COc1ccc(-c2nc(C3=CC(C)Cc4ccccc43)nc(-c3ccc(OCC(CC)CCCC)c(C)c3O)n2)c(O)c1C. The first-order valence-corrected chi connectivity index (χ1v) is 19.2. The zero-order chi connectivity index (χ0) is 36.5. The summed E-state index contributed by atoms with van der Waals surface area (Å²) in [5.41, 5.74) is 5.47. The van der Waals surface area contributed by atoms with Gasteiger partial charge in [-0.1, -0.05) is 103 Å². The van der Waals surface area contributed by atoms with Crippen LogP contribution in [-0.4, -0.2) is 38.4 Å². The van der Waals surface area contributed by atoms with E-state index in [4.69, 9.17) is 24.4 Å². The number of ether oxygens (including phenoxy) is 2. The van der Waals surface area contributed by atoms with Gasteiger partial charge in [0.1, 0.15) is 23.0 Å². The van der Waals surface area contributed by atoms with Crippen molar-refractivity contribution < 1.29 is 19.7 Å². The molecule has 1 heterocycles. The van der Waals surface area contributed by atoms with Crippen molar-refractivity contribution in [3.63, 3.8) is 0 Å². The number of unbranched alkanes of at least 4 members (excludes halogenated alkanes) is 2. The molecule has 1 aliphatic rings. The molecule has 0 saturated carbocycles. The summed E-state index contributed by atoms with van der Waals surface area (Å²) in [6.45, 7) is 16.0. The van der Waals surface area contributed by atoms with Crippen molar-refractivity contribution in [3.8, 4) is 45.8 Å². The molecule has 0 saturated heterocycles. The summed E-state index contributed by atoms with van der Waals surface area (Å²) in [5, 5.41) is 23.2. The summed E-state index contributed by atoms with van der Waals surface area (Å²) in [6, 6.07) is 15.8. The smallest absolute Gasteiger partial charge is 0.167 e. The fraction of sp³-hybridized carbons (Fsp3) is 0.477. The molecule has 51 heavy (non-hydrogen) atoms. The van der Waals surface area contributed by atoms with E-state index in [-0.39, 0.29) is 17.4 Å². The summed E-state index contributed by atoms with van der Waals surface area (Å²) >= 11 is 0.